The van der Waals surface area contributed by atoms with Gasteiger partial charge in [0.05, 0.1) is 19.4 Å². The quantitative estimate of drug-likeness (QED) is 0.650. The lowest BCUT2D eigenvalue weighted by atomic mass is 10.0. The second-order valence-corrected chi connectivity index (χ2v) is 6.90. The van der Waals surface area contributed by atoms with Gasteiger partial charge in [0.2, 0.25) is 0 Å². The first-order chi connectivity index (χ1) is 14.3. The summed E-state index contributed by atoms with van der Waals surface area (Å²) in [7, 11) is 1.55. The topological polar surface area (TPSA) is 81.3 Å². The Balaban J connectivity index is 1.52. The second-order valence-electron chi connectivity index (χ2n) is 6.90. The molecule has 0 aliphatic carbocycles. The summed E-state index contributed by atoms with van der Waals surface area (Å²) in [6, 6.07) is 9.07. The van der Waals surface area contributed by atoms with Crippen molar-refractivity contribution in [2.45, 2.75) is 31.2 Å². The maximum Gasteiger partial charge on any atom is 0.410 e. The summed E-state index contributed by atoms with van der Waals surface area (Å²) in [5.74, 6) is 0.619. The van der Waals surface area contributed by atoms with Gasteiger partial charge in [-0.25, -0.2) is 4.68 Å². The number of halogens is 3. The number of carbonyl (C=O) groups excluding carboxylic acids is 1. The summed E-state index contributed by atoms with van der Waals surface area (Å²) >= 11 is 0. The fourth-order valence-corrected chi connectivity index (χ4v) is 3.38. The van der Waals surface area contributed by atoms with E-state index < -0.39 is 24.2 Å². The first-order valence-corrected chi connectivity index (χ1v) is 9.22. The highest BCUT2D eigenvalue weighted by molar-refractivity contribution is 5.93. The number of fused-ring (bicyclic) bond motifs is 1. The van der Waals surface area contributed by atoms with Crippen LogP contribution >= 0.6 is 0 Å². The van der Waals surface area contributed by atoms with E-state index in [1.54, 1.807) is 43.5 Å². The van der Waals surface area contributed by atoms with Crippen molar-refractivity contribution in [3.05, 3.63) is 65.7 Å². The Morgan fingerprint density at radius 2 is 2.10 bits per heavy atom. The van der Waals surface area contributed by atoms with Crippen LogP contribution in [0, 0.1) is 0 Å². The Morgan fingerprint density at radius 3 is 2.73 bits per heavy atom. The maximum atomic E-state index is 13.6. The molecule has 30 heavy (non-hydrogen) atoms. The molecule has 1 aromatic carbocycles. The first kappa shape index (κ1) is 19.9. The maximum absolute atomic E-state index is 13.6. The lowest BCUT2D eigenvalue weighted by Crippen LogP contribution is -2.35. The Labute approximate surface area is 169 Å². The number of hydrogen-bond acceptors (Lipinski definition) is 5. The molecule has 3 aromatic rings. The summed E-state index contributed by atoms with van der Waals surface area (Å²) in [6.45, 7) is 0.205. The number of furan rings is 1. The van der Waals surface area contributed by atoms with E-state index in [1.807, 2.05) is 0 Å². The van der Waals surface area contributed by atoms with Crippen LogP contribution < -0.4 is 15.4 Å². The highest BCUT2D eigenvalue weighted by atomic mass is 19.4. The molecule has 0 saturated heterocycles. The van der Waals surface area contributed by atoms with Crippen molar-refractivity contribution in [1.29, 1.82) is 0 Å². The third-order valence-corrected chi connectivity index (χ3v) is 4.92. The third-order valence-electron chi connectivity index (χ3n) is 4.92. The molecule has 2 unspecified atom stereocenters. The average molecular weight is 420 g/mol. The van der Waals surface area contributed by atoms with Gasteiger partial charge in [-0.15, -0.1) is 0 Å². The van der Waals surface area contributed by atoms with Crippen molar-refractivity contribution in [3.8, 4) is 5.75 Å². The second kappa shape index (κ2) is 7.77. The van der Waals surface area contributed by atoms with E-state index in [9.17, 15) is 18.0 Å². The molecule has 7 nitrogen and oxygen atoms in total. The fraction of sp³-hybridized carbons (Fsp3) is 0.300. The zero-order chi connectivity index (χ0) is 21.3. The number of alkyl halides is 3. The van der Waals surface area contributed by atoms with Crippen LogP contribution in [0.4, 0.5) is 19.0 Å². The number of aromatic nitrogens is 2. The number of carbonyl (C=O) groups is 1. The van der Waals surface area contributed by atoms with Gasteiger partial charge in [-0.3, -0.25) is 4.79 Å². The minimum absolute atomic E-state index is 0.0969. The minimum Gasteiger partial charge on any atom is -0.497 e. The Hall–Kier alpha value is -3.43. The van der Waals surface area contributed by atoms with Crippen LogP contribution in [-0.4, -0.2) is 29.0 Å². The van der Waals surface area contributed by atoms with Crippen LogP contribution in [0.25, 0.3) is 0 Å². The molecular formula is C20H19F3N4O3. The van der Waals surface area contributed by atoms with Crippen molar-refractivity contribution >= 4 is 11.7 Å². The molecule has 2 atom stereocenters. The Morgan fingerprint density at radius 1 is 1.33 bits per heavy atom. The van der Waals surface area contributed by atoms with E-state index in [0.29, 0.717) is 11.5 Å². The van der Waals surface area contributed by atoms with Gasteiger partial charge in [-0.1, -0.05) is 12.1 Å². The van der Waals surface area contributed by atoms with Crippen LogP contribution in [0.15, 0.2) is 53.1 Å². The Bertz CT molecular complexity index is 1010. The van der Waals surface area contributed by atoms with E-state index in [1.165, 1.54) is 12.3 Å². The molecule has 3 heterocycles. The Kier molecular flexibility index (Phi) is 5.15. The number of benzene rings is 1. The predicted molar refractivity (Wildman–Crippen MR) is 101 cm³/mol. The SMILES string of the molecule is COc1ccc(CNC(=O)c2cc3n(n2)C(C(F)(F)F)CC(c2ccco2)N3)cc1. The van der Waals surface area contributed by atoms with Crippen LogP contribution in [0.5, 0.6) is 5.75 Å². The van der Waals surface area contributed by atoms with Crippen molar-refractivity contribution in [2.24, 2.45) is 0 Å². The molecule has 2 aromatic heterocycles. The minimum atomic E-state index is -4.52. The van der Waals surface area contributed by atoms with Gasteiger partial charge in [0.1, 0.15) is 17.3 Å². The van der Waals surface area contributed by atoms with Crippen LogP contribution in [0.2, 0.25) is 0 Å². The lowest BCUT2D eigenvalue weighted by molar-refractivity contribution is -0.174. The number of anilines is 1. The van der Waals surface area contributed by atoms with Crippen LogP contribution in [0.1, 0.15) is 40.3 Å². The zero-order valence-corrected chi connectivity index (χ0v) is 15.9. The molecule has 0 spiro atoms. The molecule has 1 amide bonds. The van der Waals surface area contributed by atoms with E-state index in [-0.39, 0.29) is 24.5 Å². The van der Waals surface area contributed by atoms with Gasteiger partial charge in [0.25, 0.3) is 5.91 Å². The number of hydrogen-bond donors (Lipinski definition) is 2. The van der Waals surface area contributed by atoms with Gasteiger partial charge < -0.3 is 19.8 Å². The molecule has 0 fully saturated rings. The molecule has 2 N–H and O–H groups in total. The normalized spacial score (nSPS) is 18.4. The predicted octanol–water partition coefficient (Wildman–Crippen LogP) is 4.08. The van der Waals surface area contributed by atoms with Gasteiger partial charge in [-0.2, -0.15) is 18.3 Å². The molecule has 4 rings (SSSR count). The fourth-order valence-electron chi connectivity index (χ4n) is 3.38. The molecule has 158 valence electrons. The number of methoxy groups -OCH3 is 1. The summed E-state index contributed by atoms with van der Waals surface area (Å²) in [6.07, 6.45) is -3.41. The highest BCUT2D eigenvalue weighted by Crippen LogP contribution is 2.43. The van der Waals surface area contributed by atoms with Crippen molar-refractivity contribution in [2.75, 3.05) is 12.4 Å². The summed E-state index contributed by atoms with van der Waals surface area (Å²) in [4.78, 5) is 12.5. The standard InChI is InChI=1S/C20H19F3N4O3/c1-29-13-6-4-12(5-7-13)11-24-19(28)15-10-18-25-14(16-3-2-8-30-16)9-17(20(21,22)23)27(18)26-15/h2-8,10,14,17,25H,9,11H2,1H3,(H,24,28). The van der Waals surface area contributed by atoms with Crippen molar-refractivity contribution in [3.63, 3.8) is 0 Å². The van der Waals surface area contributed by atoms with Gasteiger partial charge in [-0.05, 0) is 29.8 Å². The molecule has 10 heteroatoms. The average Bonchev–Trinajstić information content (AvgIpc) is 3.40. The smallest absolute Gasteiger partial charge is 0.410 e. The third kappa shape index (κ3) is 3.98. The highest BCUT2D eigenvalue weighted by Gasteiger charge is 2.47. The van der Waals surface area contributed by atoms with Crippen molar-refractivity contribution < 1.29 is 27.1 Å². The van der Waals surface area contributed by atoms with E-state index in [4.69, 9.17) is 9.15 Å². The monoisotopic (exact) mass is 420 g/mol. The summed E-state index contributed by atoms with van der Waals surface area (Å²) in [5, 5.41) is 9.57. The molecule has 0 radical (unpaired) electrons. The number of rotatable bonds is 5. The van der Waals surface area contributed by atoms with Gasteiger partial charge >= 0.3 is 6.18 Å². The van der Waals surface area contributed by atoms with Gasteiger partial charge in [0.15, 0.2) is 11.7 Å². The van der Waals surface area contributed by atoms with Crippen molar-refractivity contribution in [1.82, 2.24) is 15.1 Å². The largest absolute Gasteiger partial charge is 0.497 e. The molecule has 1 aliphatic heterocycles. The molecule has 0 saturated carbocycles. The number of nitrogens with one attached hydrogen (secondary N) is 2. The number of nitrogens with zero attached hydrogens (tertiary/aromatic N) is 2. The number of amides is 1. The summed E-state index contributed by atoms with van der Waals surface area (Å²) in [5.41, 5.74) is 0.720. The lowest BCUT2D eigenvalue weighted by Gasteiger charge is -2.32. The molecule has 1 aliphatic rings. The van der Waals surface area contributed by atoms with Crippen LogP contribution in [0.3, 0.4) is 0 Å². The first-order valence-electron chi connectivity index (χ1n) is 9.22. The van der Waals surface area contributed by atoms with Gasteiger partial charge in [0, 0.05) is 19.0 Å². The van der Waals surface area contributed by atoms with Crippen LogP contribution in [-0.2, 0) is 6.54 Å². The molecular weight excluding hydrogens is 401 g/mol. The molecule has 0 bridgehead atoms. The van der Waals surface area contributed by atoms with E-state index >= 15 is 0 Å². The van der Waals surface area contributed by atoms with E-state index in [0.717, 1.165) is 10.2 Å². The number of ether oxygens (including phenoxy) is 1. The summed E-state index contributed by atoms with van der Waals surface area (Å²) < 4.78 is 52.1. The van der Waals surface area contributed by atoms with E-state index in [2.05, 4.69) is 15.7 Å². The zero-order valence-electron chi connectivity index (χ0n) is 15.9.